The van der Waals surface area contributed by atoms with E-state index in [1.807, 2.05) is 6.92 Å². The van der Waals surface area contributed by atoms with Crippen molar-refractivity contribution in [1.82, 2.24) is 9.78 Å². The summed E-state index contributed by atoms with van der Waals surface area (Å²) in [6.45, 7) is 2.07. The number of carboxylic acids is 1. The third-order valence-electron chi connectivity index (χ3n) is 3.14. The van der Waals surface area contributed by atoms with E-state index in [1.54, 1.807) is 23.9 Å². The van der Waals surface area contributed by atoms with E-state index < -0.39 is 5.97 Å². The third kappa shape index (κ3) is 2.95. The van der Waals surface area contributed by atoms with Gasteiger partial charge in [0.05, 0.1) is 16.4 Å². The monoisotopic (exact) mass is 309 g/mol. The van der Waals surface area contributed by atoms with Crippen molar-refractivity contribution in [2.24, 2.45) is 7.05 Å². The Morgan fingerprint density at radius 2 is 2.24 bits per heavy atom. The molecule has 0 bridgehead atoms. The number of halogens is 1. The highest BCUT2D eigenvalue weighted by Crippen LogP contribution is 2.27. The highest BCUT2D eigenvalue weighted by molar-refractivity contribution is 6.31. The van der Waals surface area contributed by atoms with Crippen molar-refractivity contribution in [3.8, 4) is 5.75 Å². The minimum atomic E-state index is -1.13. The fraction of sp³-hybridized carbons (Fsp3) is 0.286. The van der Waals surface area contributed by atoms with Gasteiger partial charge in [-0.3, -0.25) is 4.68 Å². The summed E-state index contributed by atoms with van der Waals surface area (Å²) in [6, 6.07) is 4.72. The third-order valence-corrected chi connectivity index (χ3v) is 3.58. The van der Waals surface area contributed by atoms with E-state index >= 15 is 0 Å². The maximum Gasteiger partial charge on any atom is 0.341 e. The van der Waals surface area contributed by atoms with Crippen LogP contribution in [-0.4, -0.2) is 20.9 Å². The zero-order valence-electron chi connectivity index (χ0n) is 11.8. The lowest BCUT2D eigenvalue weighted by Crippen LogP contribution is -2.09. The van der Waals surface area contributed by atoms with Crippen LogP contribution in [0.5, 0.6) is 5.75 Å². The van der Waals surface area contributed by atoms with Crippen molar-refractivity contribution in [1.29, 1.82) is 0 Å². The standard InChI is InChI=1S/C14H16ClN3O3/c1-3-9-13(15)10(18(2)17-9)7-21-11-6-4-5-8(16)12(11)14(19)20/h4-6H,3,7,16H2,1-2H3,(H,19,20). The van der Waals surface area contributed by atoms with Crippen LogP contribution in [0.4, 0.5) is 5.69 Å². The van der Waals surface area contributed by atoms with E-state index in [1.165, 1.54) is 6.07 Å². The van der Waals surface area contributed by atoms with Gasteiger partial charge in [0.15, 0.2) is 0 Å². The van der Waals surface area contributed by atoms with Gasteiger partial charge in [-0.25, -0.2) is 4.79 Å². The molecule has 0 amide bonds. The fourth-order valence-electron chi connectivity index (χ4n) is 2.02. The molecule has 2 rings (SSSR count). The number of rotatable bonds is 5. The van der Waals surface area contributed by atoms with Gasteiger partial charge in [-0.15, -0.1) is 0 Å². The Balaban J connectivity index is 2.27. The van der Waals surface area contributed by atoms with E-state index in [0.29, 0.717) is 17.1 Å². The largest absolute Gasteiger partial charge is 0.486 e. The number of carbonyl (C=O) groups is 1. The minimum Gasteiger partial charge on any atom is -0.486 e. The molecule has 0 atom stereocenters. The van der Waals surface area contributed by atoms with Crippen LogP contribution in [0.25, 0.3) is 0 Å². The second kappa shape index (κ2) is 6.05. The van der Waals surface area contributed by atoms with Crippen molar-refractivity contribution >= 4 is 23.3 Å². The predicted octanol–water partition coefficient (Wildman–Crippen LogP) is 2.50. The number of aryl methyl sites for hydroxylation is 2. The number of nitrogen functional groups attached to an aromatic ring is 1. The molecule has 0 fully saturated rings. The van der Waals surface area contributed by atoms with E-state index in [9.17, 15) is 9.90 Å². The van der Waals surface area contributed by atoms with Crippen molar-refractivity contribution in [2.75, 3.05) is 5.73 Å². The summed E-state index contributed by atoms with van der Waals surface area (Å²) in [6.07, 6.45) is 0.714. The summed E-state index contributed by atoms with van der Waals surface area (Å²) < 4.78 is 7.21. The molecule has 0 aliphatic carbocycles. The highest BCUT2D eigenvalue weighted by atomic mass is 35.5. The summed E-state index contributed by atoms with van der Waals surface area (Å²) in [7, 11) is 1.77. The van der Waals surface area contributed by atoms with E-state index in [-0.39, 0.29) is 23.6 Å². The Morgan fingerprint density at radius 1 is 1.52 bits per heavy atom. The number of anilines is 1. The van der Waals surface area contributed by atoms with Crippen LogP contribution in [0, 0.1) is 0 Å². The van der Waals surface area contributed by atoms with Crippen LogP contribution in [0.15, 0.2) is 18.2 Å². The summed E-state index contributed by atoms with van der Waals surface area (Å²) in [5, 5.41) is 14.0. The van der Waals surface area contributed by atoms with Gasteiger partial charge in [0.25, 0.3) is 0 Å². The average Bonchev–Trinajstić information content (AvgIpc) is 2.70. The van der Waals surface area contributed by atoms with Crippen molar-refractivity contribution in [3.63, 3.8) is 0 Å². The number of aromatic carboxylic acids is 1. The van der Waals surface area contributed by atoms with Gasteiger partial charge in [0, 0.05) is 12.7 Å². The molecular formula is C14H16ClN3O3. The molecule has 1 heterocycles. The molecule has 0 unspecified atom stereocenters. The van der Waals surface area contributed by atoms with Gasteiger partial charge in [0.1, 0.15) is 17.9 Å². The molecule has 1 aromatic heterocycles. The molecular weight excluding hydrogens is 294 g/mol. The first-order valence-corrected chi connectivity index (χ1v) is 6.78. The van der Waals surface area contributed by atoms with Gasteiger partial charge >= 0.3 is 5.97 Å². The number of ether oxygens (including phenoxy) is 1. The predicted molar refractivity (Wildman–Crippen MR) is 79.7 cm³/mol. The van der Waals surface area contributed by atoms with Crippen LogP contribution in [0.2, 0.25) is 5.02 Å². The SMILES string of the molecule is CCc1nn(C)c(COc2cccc(N)c2C(=O)O)c1Cl. The number of carboxylic acid groups (broad SMARTS) is 1. The number of hydrogen-bond acceptors (Lipinski definition) is 4. The molecule has 0 saturated heterocycles. The van der Waals surface area contributed by atoms with Crippen molar-refractivity contribution < 1.29 is 14.6 Å². The number of benzene rings is 1. The highest BCUT2D eigenvalue weighted by Gasteiger charge is 2.17. The lowest BCUT2D eigenvalue weighted by molar-refractivity contribution is 0.0693. The first-order valence-electron chi connectivity index (χ1n) is 6.40. The molecule has 7 heteroatoms. The van der Waals surface area contributed by atoms with Crippen LogP contribution in [-0.2, 0) is 20.1 Å². The molecule has 112 valence electrons. The van der Waals surface area contributed by atoms with Crippen LogP contribution in [0.1, 0.15) is 28.7 Å². The van der Waals surface area contributed by atoms with E-state index in [4.69, 9.17) is 22.1 Å². The van der Waals surface area contributed by atoms with E-state index in [0.717, 1.165) is 5.69 Å². The lowest BCUT2D eigenvalue weighted by atomic mass is 10.1. The Hall–Kier alpha value is -2.21. The number of nitrogens with two attached hydrogens (primary N) is 1. The zero-order valence-corrected chi connectivity index (χ0v) is 12.5. The lowest BCUT2D eigenvalue weighted by Gasteiger charge is -2.11. The minimum absolute atomic E-state index is 0.0495. The molecule has 6 nitrogen and oxygen atoms in total. The second-order valence-corrected chi connectivity index (χ2v) is 4.88. The van der Waals surface area contributed by atoms with E-state index in [2.05, 4.69) is 5.10 Å². The Bertz CT molecular complexity index is 682. The van der Waals surface area contributed by atoms with Crippen LogP contribution >= 0.6 is 11.6 Å². The first-order chi connectivity index (χ1) is 9.95. The molecule has 0 saturated carbocycles. The van der Waals surface area contributed by atoms with Gasteiger partial charge in [-0.2, -0.15) is 5.10 Å². The molecule has 0 radical (unpaired) electrons. The van der Waals surface area contributed by atoms with Gasteiger partial charge < -0.3 is 15.6 Å². The Morgan fingerprint density at radius 3 is 2.81 bits per heavy atom. The maximum absolute atomic E-state index is 11.2. The fourth-order valence-corrected chi connectivity index (χ4v) is 2.37. The normalized spacial score (nSPS) is 10.6. The van der Waals surface area contributed by atoms with Crippen LogP contribution in [0.3, 0.4) is 0 Å². The number of aromatic nitrogens is 2. The summed E-state index contributed by atoms with van der Waals surface area (Å²) >= 11 is 6.23. The van der Waals surface area contributed by atoms with Crippen molar-refractivity contribution in [2.45, 2.75) is 20.0 Å². The zero-order chi connectivity index (χ0) is 15.6. The molecule has 0 aliphatic rings. The van der Waals surface area contributed by atoms with Gasteiger partial charge in [-0.1, -0.05) is 24.6 Å². The first kappa shape index (κ1) is 15.2. The second-order valence-electron chi connectivity index (χ2n) is 4.50. The molecule has 2 aromatic rings. The van der Waals surface area contributed by atoms with Crippen LogP contribution < -0.4 is 10.5 Å². The molecule has 0 spiro atoms. The van der Waals surface area contributed by atoms with Gasteiger partial charge in [0.2, 0.25) is 0 Å². The Labute approximate surface area is 127 Å². The Kier molecular flexibility index (Phi) is 4.37. The smallest absolute Gasteiger partial charge is 0.341 e. The summed E-state index contributed by atoms with van der Waals surface area (Å²) in [5.74, 6) is -0.925. The number of nitrogens with zero attached hydrogens (tertiary/aromatic N) is 2. The molecule has 3 N–H and O–H groups in total. The van der Waals surface area contributed by atoms with Gasteiger partial charge in [-0.05, 0) is 18.6 Å². The van der Waals surface area contributed by atoms with Crippen molar-refractivity contribution in [3.05, 3.63) is 40.2 Å². The average molecular weight is 310 g/mol. The topological polar surface area (TPSA) is 90.4 Å². The number of hydrogen-bond donors (Lipinski definition) is 2. The maximum atomic E-state index is 11.2. The summed E-state index contributed by atoms with van der Waals surface area (Å²) in [4.78, 5) is 11.2. The molecule has 1 aromatic carbocycles. The molecule has 0 aliphatic heterocycles. The summed E-state index contributed by atoms with van der Waals surface area (Å²) in [5.41, 5.74) is 7.25. The molecule has 21 heavy (non-hydrogen) atoms. The quantitative estimate of drug-likeness (QED) is 0.828.